The van der Waals surface area contributed by atoms with Crippen molar-refractivity contribution in [2.24, 2.45) is 0 Å². The highest BCUT2D eigenvalue weighted by Gasteiger charge is 2.41. The van der Waals surface area contributed by atoms with E-state index in [4.69, 9.17) is 32.6 Å². The summed E-state index contributed by atoms with van der Waals surface area (Å²) in [6.45, 7) is 2.10. The highest BCUT2D eigenvalue weighted by molar-refractivity contribution is 7.10. The zero-order valence-electron chi connectivity index (χ0n) is 16.3. The summed E-state index contributed by atoms with van der Waals surface area (Å²) >= 11 is 13.6. The molecule has 1 aliphatic rings. The fourth-order valence-corrected chi connectivity index (χ4v) is 4.95. The lowest BCUT2D eigenvalue weighted by molar-refractivity contribution is -0.153. The van der Waals surface area contributed by atoms with Crippen LogP contribution >= 0.6 is 34.5 Å². The highest BCUT2D eigenvalue weighted by atomic mass is 35.5. The number of rotatable bonds is 3. The monoisotopic (exact) mass is 488 g/mol. The Labute approximate surface area is 190 Å². The van der Waals surface area contributed by atoms with Crippen LogP contribution in [0.2, 0.25) is 10.0 Å². The molecule has 0 aliphatic carbocycles. The van der Waals surface area contributed by atoms with Crippen molar-refractivity contribution in [3.05, 3.63) is 61.8 Å². The van der Waals surface area contributed by atoms with E-state index < -0.39 is 23.4 Å². The van der Waals surface area contributed by atoms with E-state index in [0.29, 0.717) is 36.0 Å². The number of aromatic nitrogens is 1. The molecular weight excluding hydrogens is 472 g/mol. The second kappa shape index (κ2) is 8.48. The fourth-order valence-electron chi connectivity index (χ4n) is 3.65. The van der Waals surface area contributed by atoms with Crippen molar-refractivity contribution in [1.29, 1.82) is 0 Å². The van der Waals surface area contributed by atoms with Gasteiger partial charge in [0.1, 0.15) is 5.76 Å². The van der Waals surface area contributed by atoms with E-state index in [1.165, 1.54) is 23.2 Å². The lowest BCUT2D eigenvalue weighted by atomic mass is 9.97. The minimum Gasteiger partial charge on any atom is -0.456 e. The number of carbonyl (C=O) groups is 1. The number of benzene rings is 1. The number of furan rings is 1. The van der Waals surface area contributed by atoms with Gasteiger partial charge < -0.3 is 9.32 Å². The standard InChI is InChI=1S/C21H17Cl2F3N2O2S/c1-11-8-14(18(30-11)21(24,25)26)20(29)28-6-4-12(5-7-28)19-27-17(10-31-19)13-2-3-15(22)16(23)9-13/h2-3,8-10,12H,4-7H2,1H3. The molecule has 10 heteroatoms. The number of piperidine rings is 1. The molecule has 1 aromatic carbocycles. The molecular formula is C21H17Cl2F3N2O2S. The van der Waals surface area contributed by atoms with Gasteiger partial charge in [0, 0.05) is 30.0 Å². The van der Waals surface area contributed by atoms with Crippen LogP contribution in [0.5, 0.6) is 0 Å². The van der Waals surface area contributed by atoms with Crippen molar-refractivity contribution in [1.82, 2.24) is 9.88 Å². The third kappa shape index (κ3) is 4.61. The quantitative estimate of drug-likeness (QED) is 0.396. The Balaban J connectivity index is 1.44. The van der Waals surface area contributed by atoms with Crippen LogP contribution in [-0.4, -0.2) is 28.9 Å². The first-order chi connectivity index (χ1) is 14.6. The Hall–Kier alpha value is -2.03. The van der Waals surface area contributed by atoms with Gasteiger partial charge in [0.05, 0.1) is 26.3 Å². The van der Waals surface area contributed by atoms with Crippen molar-refractivity contribution in [3.8, 4) is 11.3 Å². The molecule has 4 rings (SSSR count). The Bertz CT molecular complexity index is 1120. The summed E-state index contributed by atoms with van der Waals surface area (Å²) in [6, 6.07) is 6.48. The zero-order chi connectivity index (χ0) is 22.3. The number of aryl methyl sites for hydroxylation is 1. The summed E-state index contributed by atoms with van der Waals surface area (Å²) in [6.07, 6.45) is -3.46. The molecule has 3 heterocycles. The normalized spacial score (nSPS) is 15.5. The van der Waals surface area contributed by atoms with Crippen LogP contribution in [0, 0.1) is 6.92 Å². The van der Waals surface area contributed by atoms with Gasteiger partial charge in [-0.25, -0.2) is 4.98 Å². The van der Waals surface area contributed by atoms with Crippen LogP contribution in [0.1, 0.15) is 45.6 Å². The van der Waals surface area contributed by atoms with Gasteiger partial charge in [-0.3, -0.25) is 4.79 Å². The molecule has 0 N–H and O–H groups in total. The number of hydrogen-bond acceptors (Lipinski definition) is 4. The van der Waals surface area contributed by atoms with Crippen LogP contribution in [0.25, 0.3) is 11.3 Å². The minimum absolute atomic E-state index is 0.0585. The van der Waals surface area contributed by atoms with Crippen LogP contribution in [-0.2, 0) is 6.18 Å². The van der Waals surface area contributed by atoms with Crippen molar-refractivity contribution < 1.29 is 22.4 Å². The number of nitrogens with zero attached hydrogens (tertiary/aromatic N) is 2. The van der Waals surface area contributed by atoms with Gasteiger partial charge in [-0.2, -0.15) is 13.2 Å². The van der Waals surface area contributed by atoms with Crippen LogP contribution in [0.3, 0.4) is 0 Å². The van der Waals surface area contributed by atoms with Gasteiger partial charge in [0.2, 0.25) is 5.76 Å². The van der Waals surface area contributed by atoms with Crippen LogP contribution in [0.15, 0.2) is 34.1 Å². The molecule has 1 fully saturated rings. The number of carbonyl (C=O) groups excluding carboxylic acids is 1. The Morgan fingerprint density at radius 2 is 1.90 bits per heavy atom. The predicted octanol–water partition coefficient (Wildman–Crippen LogP) is 7.06. The van der Waals surface area contributed by atoms with E-state index in [9.17, 15) is 18.0 Å². The van der Waals surface area contributed by atoms with E-state index in [2.05, 4.69) is 0 Å². The number of alkyl halides is 3. The molecule has 2 aromatic heterocycles. The average Bonchev–Trinajstić information content (AvgIpc) is 3.37. The summed E-state index contributed by atoms with van der Waals surface area (Å²) in [4.78, 5) is 18.9. The molecule has 4 nitrogen and oxygen atoms in total. The van der Waals surface area contributed by atoms with Gasteiger partial charge in [-0.1, -0.05) is 29.3 Å². The molecule has 0 spiro atoms. The molecule has 0 bridgehead atoms. The first-order valence-electron chi connectivity index (χ1n) is 9.51. The van der Waals surface area contributed by atoms with Gasteiger partial charge >= 0.3 is 6.18 Å². The van der Waals surface area contributed by atoms with E-state index >= 15 is 0 Å². The number of halogens is 5. The second-order valence-electron chi connectivity index (χ2n) is 7.36. The van der Waals surface area contributed by atoms with Gasteiger partial charge in [0.15, 0.2) is 0 Å². The largest absolute Gasteiger partial charge is 0.456 e. The second-order valence-corrected chi connectivity index (χ2v) is 9.07. The molecule has 0 radical (unpaired) electrons. The first kappa shape index (κ1) is 22.2. The van der Waals surface area contributed by atoms with Gasteiger partial charge in [0.25, 0.3) is 5.91 Å². The zero-order valence-corrected chi connectivity index (χ0v) is 18.6. The van der Waals surface area contributed by atoms with Crippen molar-refractivity contribution in [2.45, 2.75) is 31.9 Å². The summed E-state index contributed by atoms with van der Waals surface area (Å²) in [5.41, 5.74) is 1.22. The molecule has 31 heavy (non-hydrogen) atoms. The molecule has 0 saturated carbocycles. The number of thiazole rings is 1. The van der Waals surface area contributed by atoms with Gasteiger partial charge in [-0.15, -0.1) is 11.3 Å². The van der Waals surface area contributed by atoms with E-state index in [1.54, 1.807) is 12.1 Å². The maximum Gasteiger partial charge on any atom is 0.450 e. The predicted molar refractivity (Wildman–Crippen MR) is 114 cm³/mol. The molecule has 1 amide bonds. The van der Waals surface area contributed by atoms with E-state index in [1.807, 2.05) is 11.4 Å². The molecule has 0 atom stereocenters. The van der Waals surface area contributed by atoms with Crippen molar-refractivity contribution in [3.63, 3.8) is 0 Å². The maximum absolute atomic E-state index is 13.2. The van der Waals surface area contributed by atoms with Crippen molar-refractivity contribution in [2.75, 3.05) is 13.1 Å². The third-order valence-corrected chi connectivity index (χ3v) is 6.96. The summed E-state index contributed by atoms with van der Waals surface area (Å²) in [5.74, 6) is -1.69. The number of amides is 1. The average molecular weight is 489 g/mol. The third-order valence-electron chi connectivity index (χ3n) is 5.21. The van der Waals surface area contributed by atoms with Gasteiger partial charge in [-0.05, 0) is 38.0 Å². The summed E-state index contributed by atoms with van der Waals surface area (Å²) in [5, 5.41) is 3.80. The van der Waals surface area contributed by atoms with E-state index in [-0.39, 0.29) is 11.7 Å². The Kier molecular flexibility index (Phi) is 6.07. The maximum atomic E-state index is 13.2. The number of hydrogen-bond donors (Lipinski definition) is 0. The lowest BCUT2D eigenvalue weighted by Gasteiger charge is -2.31. The molecule has 164 valence electrons. The van der Waals surface area contributed by atoms with Crippen molar-refractivity contribution >= 4 is 40.4 Å². The molecule has 1 saturated heterocycles. The first-order valence-corrected chi connectivity index (χ1v) is 11.1. The number of likely N-dealkylation sites (tertiary alicyclic amines) is 1. The Morgan fingerprint density at radius 3 is 2.55 bits per heavy atom. The van der Waals surface area contributed by atoms with Crippen LogP contribution in [0.4, 0.5) is 13.2 Å². The summed E-state index contributed by atoms with van der Waals surface area (Å²) in [7, 11) is 0. The Morgan fingerprint density at radius 1 is 1.19 bits per heavy atom. The smallest absolute Gasteiger partial charge is 0.450 e. The SMILES string of the molecule is Cc1cc(C(=O)N2CCC(c3nc(-c4ccc(Cl)c(Cl)c4)cs3)CC2)c(C(F)(F)F)o1. The topological polar surface area (TPSA) is 46.3 Å². The minimum atomic E-state index is -4.71. The van der Waals surface area contributed by atoms with E-state index in [0.717, 1.165) is 22.3 Å². The fraction of sp³-hybridized carbons (Fsp3) is 0.333. The van der Waals surface area contributed by atoms with Crippen LogP contribution < -0.4 is 0 Å². The molecule has 1 aliphatic heterocycles. The molecule has 3 aromatic rings. The highest BCUT2D eigenvalue weighted by Crippen LogP contribution is 2.37. The summed E-state index contributed by atoms with van der Waals surface area (Å²) < 4.78 is 44.3. The molecule has 0 unspecified atom stereocenters. The lowest BCUT2D eigenvalue weighted by Crippen LogP contribution is -2.38.